The molecule has 0 saturated carbocycles. The van der Waals surface area contributed by atoms with Crippen molar-refractivity contribution >= 4 is 0 Å². The van der Waals surface area contributed by atoms with Gasteiger partial charge in [-0.2, -0.15) is 0 Å². The van der Waals surface area contributed by atoms with Crippen LogP contribution in [0, 0.1) is 0 Å². The van der Waals surface area contributed by atoms with Gasteiger partial charge in [0.25, 0.3) is 0 Å². The molecule has 0 spiro atoms. The monoisotopic (exact) mass is 285 g/mol. The van der Waals surface area contributed by atoms with E-state index in [1.807, 2.05) is 30.3 Å². The molecule has 0 radical (unpaired) electrons. The third-order valence-corrected chi connectivity index (χ3v) is 3.70. The summed E-state index contributed by atoms with van der Waals surface area (Å²) in [6, 6.07) is 18.2. The first-order valence-corrected chi connectivity index (χ1v) is 7.21. The SMILES string of the molecule is COc1ccc(CCC(N)C(OC)c2ccccc2)cc1. The molecular weight excluding hydrogens is 262 g/mol. The smallest absolute Gasteiger partial charge is 0.118 e. The van der Waals surface area contributed by atoms with Crippen LogP contribution < -0.4 is 10.5 Å². The summed E-state index contributed by atoms with van der Waals surface area (Å²) in [6.45, 7) is 0. The van der Waals surface area contributed by atoms with E-state index in [4.69, 9.17) is 15.2 Å². The number of ether oxygens (including phenoxy) is 2. The molecule has 21 heavy (non-hydrogen) atoms. The van der Waals surface area contributed by atoms with Gasteiger partial charge in [-0.25, -0.2) is 0 Å². The molecule has 2 rings (SSSR count). The van der Waals surface area contributed by atoms with Crippen LogP contribution >= 0.6 is 0 Å². The Bertz CT molecular complexity index is 525. The molecule has 0 aromatic heterocycles. The quantitative estimate of drug-likeness (QED) is 0.848. The molecule has 0 aliphatic carbocycles. The molecule has 2 atom stereocenters. The molecule has 2 unspecified atom stereocenters. The van der Waals surface area contributed by atoms with E-state index in [9.17, 15) is 0 Å². The lowest BCUT2D eigenvalue weighted by Gasteiger charge is -2.23. The van der Waals surface area contributed by atoms with Crippen LogP contribution in [0.3, 0.4) is 0 Å². The second kappa shape index (κ2) is 7.81. The fraction of sp³-hybridized carbons (Fsp3) is 0.333. The van der Waals surface area contributed by atoms with Gasteiger partial charge in [0.1, 0.15) is 5.75 Å². The average molecular weight is 285 g/mol. The van der Waals surface area contributed by atoms with Gasteiger partial charge in [0.15, 0.2) is 0 Å². The number of nitrogens with two attached hydrogens (primary N) is 1. The molecule has 0 amide bonds. The first-order chi connectivity index (χ1) is 10.2. The first-order valence-electron chi connectivity index (χ1n) is 7.21. The minimum atomic E-state index is -0.0653. The summed E-state index contributed by atoms with van der Waals surface area (Å²) < 4.78 is 10.7. The van der Waals surface area contributed by atoms with Gasteiger partial charge in [-0.15, -0.1) is 0 Å². The fourth-order valence-corrected chi connectivity index (χ4v) is 2.48. The standard InChI is InChI=1S/C18H23NO2/c1-20-16-11-8-14(9-12-16)10-13-17(19)18(21-2)15-6-4-3-5-7-15/h3-9,11-12,17-18H,10,13,19H2,1-2H3. The third kappa shape index (κ3) is 4.31. The predicted octanol–water partition coefficient (Wildman–Crippen LogP) is 3.34. The third-order valence-electron chi connectivity index (χ3n) is 3.70. The lowest BCUT2D eigenvalue weighted by Crippen LogP contribution is -2.30. The molecule has 3 nitrogen and oxygen atoms in total. The Morgan fingerprint density at radius 3 is 2.19 bits per heavy atom. The highest BCUT2D eigenvalue weighted by atomic mass is 16.5. The second-order valence-corrected chi connectivity index (χ2v) is 5.12. The van der Waals surface area contributed by atoms with Crippen molar-refractivity contribution in [1.82, 2.24) is 0 Å². The number of benzene rings is 2. The maximum absolute atomic E-state index is 6.31. The molecule has 2 aromatic carbocycles. The van der Waals surface area contributed by atoms with Crippen LogP contribution in [0.25, 0.3) is 0 Å². The predicted molar refractivity (Wildman–Crippen MR) is 85.5 cm³/mol. The molecule has 2 N–H and O–H groups in total. The summed E-state index contributed by atoms with van der Waals surface area (Å²) in [7, 11) is 3.39. The second-order valence-electron chi connectivity index (χ2n) is 5.12. The maximum Gasteiger partial charge on any atom is 0.118 e. The fourth-order valence-electron chi connectivity index (χ4n) is 2.48. The van der Waals surface area contributed by atoms with E-state index in [1.165, 1.54) is 5.56 Å². The number of aryl methyl sites for hydroxylation is 1. The van der Waals surface area contributed by atoms with Crippen LogP contribution in [0.5, 0.6) is 5.75 Å². The van der Waals surface area contributed by atoms with Gasteiger partial charge in [-0.1, -0.05) is 42.5 Å². The number of methoxy groups -OCH3 is 2. The normalized spacial score (nSPS) is 13.7. The summed E-state index contributed by atoms with van der Waals surface area (Å²) in [5.41, 5.74) is 8.70. The Kier molecular flexibility index (Phi) is 5.78. The summed E-state index contributed by atoms with van der Waals surface area (Å²) in [5, 5.41) is 0. The van der Waals surface area contributed by atoms with Crippen molar-refractivity contribution in [1.29, 1.82) is 0 Å². The highest BCUT2D eigenvalue weighted by Gasteiger charge is 2.18. The zero-order chi connectivity index (χ0) is 15.1. The van der Waals surface area contributed by atoms with Crippen molar-refractivity contribution in [2.75, 3.05) is 14.2 Å². The molecule has 0 heterocycles. The van der Waals surface area contributed by atoms with Gasteiger partial charge in [0, 0.05) is 13.2 Å². The Morgan fingerprint density at radius 1 is 0.952 bits per heavy atom. The average Bonchev–Trinajstić information content (AvgIpc) is 2.55. The van der Waals surface area contributed by atoms with Crippen LogP contribution in [0.2, 0.25) is 0 Å². The van der Waals surface area contributed by atoms with Crippen molar-refractivity contribution < 1.29 is 9.47 Å². The van der Waals surface area contributed by atoms with Crippen molar-refractivity contribution in [3.8, 4) is 5.75 Å². The summed E-state index contributed by atoms with van der Waals surface area (Å²) in [6.07, 6.45) is 1.74. The van der Waals surface area contributed by atoms with Crippen molar-refractivity contribution in [3.63, 3.8) is 0 Å². The van der Waals surface area contributed by atoms with Gasteiger partial charge in [0.2, 0.25) is 0 Å². The zero-order valence-electron chi connectivity index (χ0n) is 12.7. The van der Waals surface area contributed by atoms with Gasteiger partial charge in [-0.3, -0.25) is 0 Å². The first kappa shape index (κ1) is 15.5. The van der Waals surface area contributed by atoms with Gasteiger partial charge in [-0.05, 0) is 36.1 Å². The number of hydrogen-bond donors (Lipinski definition) is 1. The van der Waals surface area contributed by atoms with Crippen LogP contribution in [0.4, 0.5) is 0 Å². The lowest BCUT2D eigenvalue weighted by atomic mass is 9.97. The van der Waals surface area contributed by atoms with Crippen molar-refractivity contribution in [3.05, 3.63) is 65.7 Å². The lowest BCUT2D eigenvalue weighted by molar-refractivity contribution is 0.0777. The van der Waals surface area contributed by atoms with E-state index in [0.717, 1.165) is 24.2 Å². The van der Waals surface area contributed by atoms with Gasteiger partial charge >= 0.3 is 0 Å². The van der Waals surface area contributed by atoms with Crippen LogP contribution in [-0.4, -0.2) is 20.3 Å². The summed E-state index contributed by atoms with van der Waals surface area (Å²) >= 11 is 0. The molecule has 3 heteroatoms. The van der Waals surface area contributed by atoms with E-state index in [-0.39, 0.29) is 12.1 Å². The molecule has 112 valence electrons. The van der Waals surface area contributed by atoms with Crippen LogP contribution in [-0.2, 0) is 11.2 Å². The van der Waals surface area contributed by atoms with Crippen molar-refractivity contribution in [2.45, 2.75) is 25.0 Å². The molecule has 0 aliphatic rings. The molecular formula is C18H23NO2. The maximum atomic E-state index is 6.31. The Balaban J connectivity index is 1.94. The minimum absolute atomic E-state index is 0.0282. The van der Waals surface area contributed by atoms with E-state index >= 15 is 0 Å². The minimum Gasteiger partial charge on any atom is -0.497 e. The van der Waals surface area contributed by atoms with E-state index in [1.54, 1.807) is 14.2 Å². The molecule has 0 fully saturated rings. The summed E-state index contributed by atoms with van der Waals surface area (Å²) in [5.74, 6) is 0.877. The highest BCUT2D eigenvalue weighted by molar-refractivity contribution is 5.27. The van der Waals surface area contributed by atoms with Gasteiger partial charge < -0.3 is 15.2 Å². The Morgan fingerprint density at radius 2 is 1.62 bits per heavy atom. The van der Waals surface area contributed by atoms with Crippen LogP contribution in [0.1, 0.15) is 23.7 Å². The molecule has 0 bridgehead atoms. The zero-order valence-corrected chi connectivity index (χ0v) is 12.7. The highest BCUT2D eigenvalue weighted by Crippen LogP contribution is 2.22. The number of hydrogen-bond acceptors (Lipinski definition) is 3. The van der Waals surface area contributed by atoms with E-state index in [2.05, 4.69) is 24.3 Å². The molecule has 0 saturated heterocycles. The van der Waals surface area contributed by atoms with E-state index < -0.39 is 0 Å². The Labute approximate surface area is 126 Å². The van der Waals surface area contributed by atoms with Gasteiger partial charge in [0.05, 0.1) is 13.2 Å². The molecule has 0 aliphatic heterocycles. The van der Waals surface area contributed by atoms with Crippen LogP contribution in [0.15, 0.2) is 54.6 Å². The topological polar surface area (TPSA) is 44.5 Å². The molecule has 2 aromatic rings. The number of rotatable bonds is 7. The Hall–Kier alpha value is -1.84. The summed E-state index contributed by atoms with van der Waals surface area (Å²) in [4.78, 5) is 0. The largest absolute Gasteiger partial charge is 0.497 e. The van der Waals surface area contributed by atoms with E-state index in [0.29, 0.717) is 0 Å². The van der Waals surface area contributed by atoms with Crippen molar-refractivity contribution in [2.24, 2.45) is 5.73 Å².